The van der Waals surface area contributed by atoms with Crippen LogP contribution in [0.25, 0.3) is 11.0 Å². The Balaban J connectivity index is 2.00. The second-order valence-electron chi connectivity index (χ2n) is 5.01. The maximum Gasteiger partial charge on any atom is 0.348 e. The zero-order valence-electron chi connectivity index (χ0n) is 12.3. The van der Waals surface area contributed by atoms with Crippen LogP contribution in [0.3, 0.4) is 0 Å². The molecule has 114 valence electrons. The molecule has 0 radical (unpaired) electrons. The fraction of sp³-hybridized carbons (Fsp3) is 0.0556. The maximum absolute atomic E-state index is 12.0. The molecule has 0 saturated heterocycles. The monoisotopic (exact) mass is 307 g/mol. The van der Waals surface area contributed by atoms with Gasteiger partial charge in [-0.15, -0.1) is 0 Å². The van der Waals surface area contributed by atoms with Crippen molar-refractivity contribution in [3.05, 3.63) is 70.1 Å². The molecule has 0 atom stereocenters. The fourth-order valence-corrected chi connectivity index (χ4v) is 2.18. The summed E-state index contributed by atoms with van der Waals surface area (Å²) in [6.07, 6.45) is 1.26. The van der Waals surface area contributed by atoms with Crippen LogP contribution in [0.4, 0.5) is 5.69 Å². The van der Waals surface area contributed by atoms with Gasteiger partial charge in [-0.05, 0) is 43.3 Å². The quantitative estimate of drug-likeness (QED) is 0.456. The van der Waals surface area contributed by atoms with E-state index >= 15 is 0 Å². The summed E-state index contributed by atoms with van der Waals surface area (Å²) in [5.41, 5.74) is 0.779. The van der Waals surface area contributed by atoms with Gasteiger partial charge in [-0.25, -0.2) is 4.79 Å². The maximum atomic E-state index is 12.0. The first-order valence-electron chi connectivity index (χ1n) is 6.96. The van der Waals surface area contributed by atoms with Crippen LogP contribution in [0.15, 0.2) is 62.7 Å². The number of hydrogen-bond donors (Lipinski definition) is 1. The lowest BCUT2D eigenvalue weighted by Crippen LogP contribution is -2.06. The SMILES string of the molecule is CC(=O)c1ccc(N=Cc2c(O)c3ccccc3oc2=O)cc1. The van der Waals surface area contributed by atoms with Gasteiger partial charge in [0.05, 0.1) is 11.1 Å². The van der Waals surface area contributed by atoms with Crippen LogP contribution in [0.2, 0.25) is 0 Å². The third-order valence-corrected chi connectivity index (χ3v) is 3.44. The molecule has 0 aliphatic carbocycles. The molecule has 23 heavy (non-hydrogen) atoms. The second kappa shape index (κ2) is 5.88. The van der Waals surface area contributed by atoms with Gasteiger partial charge >= 0.3 is 5.63 Å². The number of Topliss-reactive ketones (excluding diaryl/α,β-unsaturated/α-hetero) is 1. The number of fused-ring (bicyclic) bond motifs is 1. The van der Waals surface area contributed by atoms with Gasteiger partial charge in [0.1, 0.15) is 16.9 Å². The summed E-state index contributed by atoms with van der Waals surface area (Å²) in [6.45, 7) is 1.48. The molecule has 1 aromatic heterocycles. The number of para-hydroxylation sites is 1. The van der Waals surface area contributed by atoms with Gasteiger partial charge in [0.2, 0.25) is 0 Å². The fourth-order valence-electron chi connectivity index (χ4n) is 2.18. The predicted molar refractivity (Wildman–Crippen MR) is 87.8 cm³/mol. The predicted octanol–water partition coefficient (Wildman–Crippen LogP) is 3.45. The first-order chi connectivity index (χ1) is 11.1. The average Bonchev–Trinajstić information content (AvgIpc) is 2.55. The Kier molecular flexibility index (Phi) is 3.76. The molecule has 0 amide bonds. The molecule has 0 spiro atoms. The van der Waals surface area contributed by atoms with Crippen molar-refractivity contribution in [2.45, 2.75) is 6.92 Å². The van der Waals surface area contributed by atoms with Crippen molar-refractivity contribution in [1.82, 2.24) is 0 Å². The van der Waals surface area contributed by atoms with E-state index in [2.05, 4.69) is 4.99 Å². The number of aliphatic imine (C=N–C) groups is 1. The van der Waals surface area contributed by atoms with Gasteiger partial charge in [0.15, 0.2) is 5.78 Å². The highest BCUT2D eigenvalue weighted by molar-refractivity contribution is 5.95. The zero-order valence-corrected chi connectivity index (χ0v) is 12.3. The van der Waals surface area contributed by atoms with E-state index < -0.39 is 5.63 Å². The molecule has 0 aliphatic rings. The molecule has 0 saturated carbocycles. The molecular weight excluding hydrogens is 294 g/mol. The van der Waals surface area contributed by atoms with Crippen LogP contribution in [0, 0.1) is 0 Å². The van der Waals surface area contributed by atoms with E-state index in [0.717, 1.165) is 0 Å². The van der Waals surface area contributed by atoms with E-state index in [1.165, 1.54) is 13.1 Å². The van der Waals surface area contributed by atoms with Crippen LogP contribution in [0.1, 0.15) is 22.8 Å². The smallest absolute Gasteiger partial charge is 0.348 e. The Morgan fingerprint density at radius 1 is 1.13 bits per heavy atom. The lowest BCUT2D eigenvalue weighted by molar-refractivity contribution is 0.101. The minimum atomic E-state index is -0.662. The van der Waals surface area contributed by atoms with E-state index in [-0.39, 0.29) is 17.1 Å². The third-order valence-electron chi connectivity index (χ3n) is 3.44. The summed E-state index contributed by atoms with van der Waals surface area (Å²) in [7, 11) is 0. The number of carbonyl (C=O) groups excluding carboxylic acids is 1. The molecule has 0 aliphatic heterocycles. The van der Waals surface area contributed by atoms with Crippen molar-refractivity contribution in [1.29, 1.82) is 0 Å². The number of ketones is 1. The average molecular weight is 307 g/mol. The van der Waals surface area contributed by atoms with Gasteiger partial charge < -0.3 is 9.52 Å². The molecule has 5 heteroatoms. The molecule has 3 rings (SSSR count). The first-order valence-corrected chi connectivity index (χ1v) is 6.96. The number of hydrogen-bond acceptors (Lipinski definition) is 5. The molecule has 0 fully saturated rings. The van der Waals surface area contributed by atoms with E-state index in [4.69, 9.17) is 4.42 Å². The lowest BCUT2D eigenvalue weighted by Gasteiger charge is -2.02. The Morgan fingerprint density at radius 2 is 1.83 bits per heavy atom. The van der Waals surface area contributed by atoms with Gasteiger partial charge in [0.25, 0.3) is 0 Å². The van der Waals surface area contributed by atoms with Gasteiger partial charge in [-0.3, -0.25) is 9.79 Å². The largest absolute Gasteiger partial charge is 0.506 e. The second-order valence-corrected chi connectivity index (χ2v) is 5.01. The van der Waals surface area contributed by atoms with E-state index in [9.17, 15) is 14.7 Å². The standard InChI is InChI=1S/C18H13NO4/c1-11(20)12-6-8-13(9-7-12)19-10-15-17(21)14-4-2-3-5-16(14)23-18(15)22/h2-10,21H,1H3. The van der Waals surface area contributed by atoms with Crippen LogP contribution < -0.4 is 5.63 Å². The summed E-state index contributed by atoms with van der Waals surface area (Å²) in [4.78, 5) is 27.3. The van der Waals surface area contributed by atoms with Crippen LogP contribution in [0.5, 0.6) is 5.75 Å². The Morgan fingerprint density at radius 3 is 2.52 bits per heavy atom. The van der Waals surface area contributed by atoms with E-state index in [1.807, 2.05) is 0 Å². The van der Waals surface area contributed by atoms with Gasteiger partial charge in [-0.2, -0.15) is 0 Å². The minimum Gasteiger partial charge on any atom is -0.506 e. The van der Waals surface area contributed by atoms with Crippen molar-refractivity contribution in [3.8, 4) is 5.75 Å². The topological polar surface area (TPSA) is 79.9 Å². The highest BCUT2D eigenvalue weighted by atomic mass is 16.4. The van der Waals surface area contributed by atoms with Crippen LogP contribution >= 0.6 is 0 Å². The third kappa shape index (κ3) is 2.89. The van der Waals surface area contributed by atoms with E-state index in [1.54, 1.807) is 48.5 Å². The zero-order chi connectivity index (χ0) is 16.4. The summed E-state index contributed by atoms with van der Waals surface area (Å²) in [5.74, 6) is -0.200. The number of nitrogens with zero attached hydrogens (tertiary/aromatic N) is 1. The van der Waals surface area contributed by atoms with Gasteiger partial charge in [-0.1, -0.05) is 12.1 Å². The molecule has 2 aromatic carbocycles. The molecule has 1 heterocycles. The van der Waals surface area contributed by atoms with Crippen LogP contribution in [-0.2, 0) is 0 Å². The Hall–Kier alpha value is -3.21. The number of benzene rings is 2. The van der Waals surface area contributed by atoms with Crippen molar-refractivity contribution in [3.63, 3.8) is 0 Å². The van der Waals surface area contributed by atoms with Crippen molar-refractivity contribution < 1.29 is 14.3 Å². The minimum absolute atomic E-state index is 0.0145. The van der Waals surface area contributed by atoms with Crippen LogP contribution in [-0.4, -0.2) is 17.1 Å². The summed E-state index contributed by atoms with van der Waals surface area (Å²) < 4.78 is 5.16. The Labute approximate surface area is 131 Å². The van der Waals surface area contributed by atoms with Crippen molar-refractivity contribution >= 4 is 28.7 Å². The molecule has 0 unspecified atom stereocenters. The molecule has 0 bridgehead atoms. The van der Waals surface area contributed by atoms with Crippen molar-refractivity contribution in [2.75, 3.05) is 0 Å². The molecular formula is C18H13NO4. The summed E-state index contributed by atoms with van der Waals surface area (Å²) >= 11 is 0. The first kappa shape index (κ1) is 14.7. The number of rotatable bonds is 3. The summed E-state index contributed by atoms with van der Waals surface area (Å²) in [6, 6.07) is 13.3. The number of carbonyl (C=O) groups is 1. The molecule has 3 aromatic rings. The Bertz CT molecular complexity index is 968. The van der Waals surface area contributed by atoms with E-state index in [0.29, 0.717) is 22.2 Å². The lowest BCUT2D eigenvalue weighted by atomic mass is 10.1. The van der Waals surface area contributed by atoms with Crippen molar-refractivity contribution in [2.24, 2.45) is 4.99 Å². The number of aromatic hydroxyl groups is 1. The molecule has 5 nitrogen and oxygen atoms in total. The molecule has 1 N–H and O–H groups in total. The van der Waals surface area contributed by atoms with Gasteiger partial charge in [0, 0.05) is 11.8 Å². The summed E-state index contributed by atoms with van der Waals surface area (Å²) in [5, 5.41) is 10.7. The highest BCUT2D eigenvalue weighted by Crippen LogP contribution is 2.25. The normalized spacial score (nSPS) is 11.2. The highest BCUT2D eigenvalue weighted by Gasteiger charge is 2.11.